The lowest BCUT2D eigenvalue weighted by atomic mass is 10.2. The number of ether oxygens (including phenoxy) is 2. The average molecular weight is 453 g/mol. The number of carbonyl (C=O) groups excluding carboxylic acids is 1. The van der Waals surface area contributed by atoms with Gasteiger partial charge in [-0.25, -0.2) is 4.98 Å². The van der Waals surface area contributed by atoms with Crippen molar-refractivity contribution in [3.05, 3.63) is 52.8 Å². The summed E-state index contributed by atoms with van der Waals surface area (Å²) >= 11 is 0.853. The molecule has 7 nitrogen and oxygen atoms in total. The fraction of sp³-hybridized carbons (Fsp3) is 0.250. The van der Waals surface area contributed by atoms with Crippen molar-refractivity contribution in [3.63, 3.8) is 0 Å². The van der Waals surface area contributed by atoms with Crippen molar-refractivity contribution in [1.29, 1.82) is 0 Å². The smallest absolute Gasteiger partial charge is 0.405 e. The van der Waals surface area contributed by atoms with E-state index in [4.69, 9.17) is 9.47 Å². The minimum Gasteiger partial charge on any atom is -0.493 e. The Morgan fingerprint density at radius 1 is 1.13 bits per heavy atom. The number of fused-ring (bicyclic) bond motifs is 1. The molecule has 0 saturated heterocycles. The molecule has 0 unspecified atom stereocenters. The molecule has 0 fully saturated rings. The van der Waals surface area contributed by atoms with Crippen molar-refractivity contribution in [2.45, 2.75) is 11.3 Å². The van der Waals surface area contributed by atoms with Crippen LogP contribution in [0.5, 0.6) is 11.5 Å². The van der Waals surface area contributed by atoms with Gasteiger partial charge in [-0.3, -0.25) is 14.2 Å². The Hall–Kier alpha value is -3.21. The van der Waals surface area contributed by atoms with Gasteiger partial charge in [0, 0.05) is 6.07 Å². The molecule has 0 atom stereocenters. The minimum atomic E-state index is -4.51. The Bertz CT molecular complexity index is 1160. The van der Waals surface area contributed by atoms with Crippen LogP contribution in [0.4, 0.5) is 13.2 Å². The first kappa shape index (κ1) is 22.5. The second kappa shape index (κ2) is 9.29. The summed E-state index contributed by atoms with van der Waals surface area (Å²) in [5.74, 6) is -0.356. The SMILES string of the molecule is COc1ccc(-n2c(SCC(=O)NCC(F)(F)F)nc3ccccc3c2=O)cc1OC. The molecule has 1 aromatic heterocycles. The number of carbonyl (C=O) groups is 1. The van der Waals surface area contributed by atoms with Gasteiger partial charge in [0.1, 0.15) is 6.54 Å². The summed E-state index contributed by atoms with van der Waals surface area (Å²) in [6.07, 6.45) is -4.51. The van der Waals surface area contributed by atoms with E-state index in [9.17, 15) is 22.8 Å². The average Bonchev–Trinajstić information content (AvgIpc) is 2.75. The van der Waals surface area contributed by atoms with E-state index in [0.29, 0.717) is 28.1 Å². The molecule has 31 heavy (non-hydrogen) atoms. The molecule has 1 N–H and O–H groups in total. The number of nitrogens with one attached hydrogen (secondary N) is 1. The molecule has 0 saturated carbocycles. The molecule has 1 amide bonds. The topological polar surface area (TPSA) is 82.5 Å². The van der Waals surface area contributed by atoms with Crippen LogP contribution in [-0.4, -0.2) is 48.2 Å². The number of alkyl halides is 3. The predicted molar refractivity (Wildman–Crippen MR) is 110 cm³/mol. The van der Waals surface area contributed by atoms with Gasteiger partial charge in [-0.1, -0.05) is 23.9 Å². The molecular weight excluding hydrogens is 435 g/mol. The zero-order chi connectivity index (χ0) is 22.6. The maximum Gasteiger partial charge on any atom is 0.405 e. The summed E-state index contributed by atoms with van der Waals surface area (Å²) < 4.78 is 48.8. The van der Waals surface area contributed by atoms with Crippen LogP contribution in [0.3, 0.4) is 0 Å². The van der Waals surface area contributed by atoms with E-state index in [2.05, 4.69) is 4.98 Å². The zero-order valence-corrected chi connectivity index (χ0v) is 17.3. The standard InChI is InChI=1S/C20H18F3N3O4S/c1-29-15-8-7-12(9-16(15)30-2)26-18(28)13-5-3-4-6-14(13)25-19(26)31-10-17(27)24-11-20(21,22)23/h3-9H,10-11H2,1-2H3,(H,24,27). The predicted octanol–water partition coefficient (Wildman–Crippen LogP) is 3.17. The fourth-order valence-electron chi connectivity index (χ4n) is 2.78. The Kier molecular flexibility index (Phi) is 6.74. The van der Waals surface area contributed by atoms with Crippen molar-refractivity contribution in [2.75, 3.05) is 26.5 Å². The Morgan fingerprint density at radius 2 is 1.84 bits per heavy atom. The highest BCUT2D eigenvalue weighted by Gasteiger charge is 2.27. The van der Waals surface area contributed by atoms with Gasteiger partial charge in [0.2, 0.25) is 5.91 Å². The van der Waals surface area contributed by atoms with E-state index in [1.165, 1.54) is 18.8 Å². The molecule has 3 aromatic rings. The minimum absolute atomic E-state index is 0.151. The summed E-state index contributed by atoms with van der Waals surface area (Å²) in [5, 5.41) is 2.30. The number of para-hydroxylation sites is 1. The molecular formula is C20H18F3N3O4S. The lowest BCUT2D eigenvalue weighted by Crippen LogP contribution is -2.35. The van der Waals surface area contributed by atoms with Gasteiger partial charge < -0.3 is 14.8 Å². The van der Waals surface area contributed by atoms with Gasteiger partial charge in [0.15, 0.2) is 16.7 Å². The molecule has 0 aliphatic carbocycles. The van der Waals surface area contributed by atoms with E-state index >= 15 is 0 Å². The summed E-state index contributed by atoms with van der Waals surface area (Å²) in [5.41, 5.74) is 0.414. The monoisotopic (exact) mass is 453 g/mol. The third kappa shape index (κ3) is 5.29. The van der Waals surface area contributed by atoms with E-state index in [-0.39, 0.29) is 10.9 Å². The molecule has 11 heteroatoms. The molecule has 3 rings (SSSR count). The van der Waals surface area contributed by atoms with Crippen LogP contribution in [0.1, 0.15) is 0 Å². The molecule has 0 aliphatic heterocycles. The summed E-state index contributed by atoms with van der Waals surface area (Å²) in [6.45, 7) is -1.43. The van der Waals surface area contributed by atoms with Gasteiger partial charge in [-0.2, -0.15) is 13.2 Å². The van der Waals surface area contributed by atoms with Crippen LogP contribution in [0.15, 0.2) is 52.4 Å². The number of thioether (sulfide) groups is 1. The van der Waals surface area contributed by atoms with Gasteiger partial charge >= 0.3 is 6.18 Å². The third-order valence-corrected chi connectivity index (χ3v) is 5.13. The van der Waals surface area contributed by atoms with Gasteiger partial charge in [-0.05, 0) is 24.3 Å². The quantitative estimate of drug-likeness (QED) is 0.437. The Balaban J connectivity index is 2.02. The van der Waals surface area contributed by atoms with Crippen molar-refractivity contribution in [3.8, 4) is 17.2 Å². The molecule has 1 heterocycles. The van der Waals surface area contributed by atoms with Crippen molar-refractivity contribution in [1.82, 2.24) is 14.9 Å². The van der Waals surface area contributed by atoms with Crippen molar-refractivity contribution in [2.24, 2.45) is 0 Å². The van der Waals surface area contributed by atoms with E-state index in [1.807, 2.05) is 0 Å². The van der Waals surface area contributed by atoms with E-state index < -0.39 is 24.2 Å². The fourth-order valence-corrected chi connectivity index (χ4v) is 3.62. The highest BCUT2D eigenvalue weighted by molar-refractivity contribution is 7.99. The molecule has 164 valence electrons. The van der Waals surface area contributed by atoms with Crippen LogP contribution in [0.2, 0.25) is 0 Å². The van der Waals surface area contributed by atoms with Gasteiger partial charge in [-0.15, -0.1) is 0 Å². The molecule has 2 aromatic carbocycles. The molecule has 0 radical (unpaired) electrons. The number of methoxy groups -OCH3 is 2. The van der Waals surface area contributed by atoms with E-state index in [1.54, 1.807) is 47.8 Å². The van der Waals surface area contributed by atoms with Crippen molar-refractivity contribution < 1.29 is 27.4 Å². The number of rotatable bonds is 7. The number of halogens is 3. The summed E-state index contributed by atoms with van der Waals surface area (Å²) in [7, 11) is 2.92. The number of nitrogens with zero attached hydrogens (tertiary/aromatic N) is 2. The first-order chi connectivity index (χ1) is 14.7. The van der Waals surface area contributed by atoms with Gasteiger partial charge in [0.25, 0.3) is 5.56 Å². The largest absolute Gasteiger partial charge is 0.493 e. The van der Waals surface area contributed by atoms with Crippen LogP contribution in [-0.2, 0) is 4.79 Å². The lowest BCUT2D eigenvalue weighted by molar-refractivity contribution is -0.136. The summed E-state index contributed by atoms with van der Waals surface area (Å²) in [4.78, 5) is 29.5. The highest BCUT2D eigenvalue weighted by atomic mass is 32.2. The first-order valence-electron chi connectivity index (χ1n) is 8.94. The number of benzene rings is 2. The second-order valence-corrected chi connectivity index (χ2v) is 7.21. The van der Waals surface area contributed by atoms with Crippen molar-refractivity contribution >= 4 is 28.6 Å². The van der Waals surface area contributed by atoms with Gasteiger partial charge in [0.05, 0.1) is 36.6 Å². The van der Waals surface area contributed by atoms with Crippen LogP contribution in [0, 0.1) is 0 Å². The molecule has 0 aliphatic rings. The van der Waals surface area contributed by atoms with Crippen LogP contribution < -0.4 is 20.3 Å². The Morgan fingerprint density at radius 3 is 2.52 bits per heavy atom. The maximum absolute atomic E-state index is 13.2. The normalized spacial score (nSPS) is 11.4. The molecule has 0 bridgehead atoms. The molecule has 0 spiro atoms. The number of hydrogen-bond donors (Lipinski definition) is 1. The second-order valence-electron chi connectivity index (χ2n) is 6.27. The lowest BCUT2D eigenvalue weighted by Gasteiger charge is -2.15. The summed E-state index contributed by atoms with van der Waals surface area (Å²) in [6, 6.07) is 11.5. The third-order valence-electron chi connectivity index (χ3n) is 4.19. The first-order valence-corrected chi connectivity index (χ1v) is 9.92. The number of aromatic nitrogens is 2. The number of hydrogen-bond acceptors (Lipinski definition) is 6. The highest BCUT2D eigenvalue weighted by Crippen LogP contribution is 2.30. The Labute approximate surface area is 179 Å². The zero-order valence-electron chi connectivity index (χ0n) is 16.5. The van der Waals surface area contributed by atoms with Crippen LogP contribution in [0.25, 0.3) is 16.6 Å². The van der Waals surface area contributed by atoms with Crippen LogP contribution >= 0.6 is 11.8 Å². The number of amides is 1. The van der Waals surface area contributed by atoms with E-state index in [0.717, 1.165) is 11.8 Å². The maximum atomic E-state index is 13.2.